The largest absolute Gasteiger partial charge is 0.469 e. The number of rotatable bonds is 9. The topological polar surface area (TPSA) is 102 Å². The summed E-state index contributed by atoms with van der Waals surface area (Å²) in [6.45, 7) is 5.45. The molecule has 0 heterocycles. The van der Waals surface area contributed by atoms with E-state index in [4.69, 9.17) is 4.74 Å². The number of nitrogens with one attached hydrogen (secondary N) is 1. The maximum absolute atomic E-state index is 11.8. The summed E-state index contributed by atoms with van der Waals surface area (Å²) in [6, 6.07) is 4.80. The Morgan fingerprint density at radius 3 is 2.52 bits per heavy atom. The molecular weight excluding hydrogens is 372 g/mol. The minimum atomic E-state index is -1.01. The summed E-state index contributed by atoms with van der Waals surface area (Å²) in [5.74, 6) is -0.203. The Morgan fingerprint density at radius 2 is 2.00 bits per heavy atom. The Morgan fingerprint density at radius 1 is 1.34 bits per heavy atom. The van der Waals surface area contributed by atoms with Crippen LogP contribution in [0.4, 0.5) is 11.4 Å². The molecule has 1 aromatic rings. The van der Waals surface area contributed by atoms with E-state index in [0.29, 0.717) is 12.1 Å². The van der Waals surface area contributed by atoms with E-state index < -0.39 is 10.5 Å². The summed E-state index contributed by atoms with van der Waals surface area (Å²) in [5.41, 5.74) is 0.110. The summed E-state index contributed by atoms with van der Waals surface area (Å²) in [4.78, 5) is 23.1. The van der Waals surface area contributed by atoms with E-state index in [9.17, 15) is 20.0 Å². The Kier molecular flexibility index (Phi) is 8.02. The average molecular weight is 407 g/mol. The number of hydrogen-bond donors (Lipinski definition) is 2. The molecule has 0 aliphatic heterocycles. The van der Waals surface area contributed by atoms with Crippen LogP contribution >= 0.6 is 0 Å². The van der Waals surface area contributed by atoms with Crippen LogP contribution < -0.4 is 5.32 Å². The third-order valence-corrected chi connectivity index (χ3v) is 6.02. The van der Waals surface area contributed by atoms with Crippen molar-refractivity contribution in [1.82, 2.24) is 0 Å². The van der Waals surface area contributed by atoms with Gasteiger partial charge in [-0.3, -0.25) is 14.9 Å². The van der Waals surface area contributed by atoms with Crippen molar-refractivity contribution in [3.05, 3.63) is 33.9 Å². The molecule has 1 fully saturated rings. The first-order chi connectivity index (χ1) is 13.7. The molecule has 7 heteroatoms. The van der Waals surface area contributed by atoms with Crippen LogP contribution in [0.25, 0.3) is 0 Å². The number of nitrogens with zero attached hydrogens (tertiary/aromatic N) is 1. The molecule has 2 atom stereocenters. The molecule has 1 saturated carbocycles. The van der Waals surface area contributed by atoms with E-state index in [0.717, 1.165) is 31.2 Å². The number of methoxy groups -OCH3 is 1. The summed E-state index contributed by atoms with van der Waals surface area (Å²) >= 11 is 0. The zero-order valence-electron chi connectivity index (χ0n) is 17.9. The van der Waals surface area contributed by atoms with Gasteiger partial charge < -0.3 is 15.2 Å². The number of nitro benzene ring substituents is 1. The van der Waals surface area contributed by atoms with Crippen molar-refractivity contribution in [2.24, 2.45) is 5.92 Å². The number of nitro groups is 1. The maximum Gasteiger partial charge on any atom is 0.306 e. The molecule has 162 valence electrons. The van der Waals surface area contributed by atoms with Crippen molar-refractivity contribution in [3.63, 3.8) is 0 Å². The van der Waals surface area contributed by atoms with E-state index >= 15 is 0 Å². The minimum absolute atomic E-state index is 0.0316. The van der Waals surface area contributed by atoms with Crippen molar-refractivity contribution < 1.29 is 19.6 Å². The van der Waals surface area contributed by atoms with Gasteiger partial charge in [0.15, 0.2) is 0 Å². The molecule has 0 unspecified atom stereocenters. The lowest BCUT2D eigenvalue weighted by molar-refractivity contribution is -0.384. The first-order valence-electron chi connectivity index (χ1n) is 10.5. The molecule has 0 aromatic heterocycles. The number of benzene rings is 1. The summed E-state index contributed by atoms with van der Waals surface area (Å²) in [5, 5.41) is 25.8. The fourth-order valence-corrected chi connectivity index (χ4v) is 4.36. The molecule has 0 spiro atoms. The average Bonchev–Trinajstić information content (AvgIpc) is 2.69. The molecule has 0 amide bonds. The maximum atomic E-state index is 11.8. The van der Waals surface area contributed by atoms with Gasteiger partial charge in [0.2, 0.25) is 0 Å². The van der Waals surface area contributed by atoms with Crippen LogP contribution in [-0.2, 0) is 9.53 Å². The van der Waals surface area contributed by atoms with Crippen LogP contribution in [0.5, 0.6) is 0 Å². The van der Waals surface area contributed by atoms with Gasteiger partial charge >= 0.3 is 5.97 Å². The van der Waals surface area contributed by atoms with E-state index in [2.05, 4.69) is 5.32 Å². The Labute approximate surface area is 173 Å². The number of aliphatic hydroxyl groups is 1. The number of carbonyl (C=O) groups is 1. The van der Waals surface area contributed by atoms with Gasteiger partial charge in [-0.25, -0.2) is 0 Å². The lowest BCUT2D eigenvalue weighted by atomic mass is 9.77. The second-order valence-corrected chi connectivity index (χ2v) is 8.59. The third-order valence-electron chi connectivity index (χ3n) is 6.02. The van der Waals surface area contributed by atoms with Gasteiger partial charge in [-0.05, 0) is 56.6 Å². The molecule has 2 N–H and O–H groups in total. The highest BCUT2D eigenvalue weighted by molar-refractivity contribution is 5.71. The molecule has 2 rings (SSSR count). The van der Waals surface area contributed by atoms with Crippen molar-refractivity contribution in [1.29, 1.82) is 0 Å². The lowest BCUT2D eigenvalue weighted by Crippen LogP contribution is -2.47. The molecule has 0 bridgehead atoms. The predicted molar refractivity (Wildman–Crippen MR) is 113 cm³/mol. The van der Waals surface area contributed by atoms with Gasteiger partial charge in [0, 0.05) is 6.07 Å². The number of carbonyl (C=O) groups excluding carboxylic acids is 1. The fraction of sp³-hybridized carbons (Fsp3) is 0.682. The molecular formula is C22H34N2O5. The molecule has 1 aliphatic carbocycles. The van der Waals surface area contributed by atoms with Crippen molar-refractivity contribution in [2.75, 3.05) is 12.4 Å². The Balaban J connectivity index is 2.33. The first-order valence-corrected chi connectivity index (χ1v) is 10.5. The van der Waals surface area contributed by atoms with E-state index in [1.54, 1.807) is 26.0 Å². The monoisotopic (exact) mass is 406 g/mol. The molecule has 7 nitrogen and oxygen atoms in total. The second kappa shape index (κ2) is 10.1. The highest BCUT2D eigenvalue weighted by atomic mass is 16.6. The van der Waals surface area contributed by atoms with Gasteiger partial charge in [-0.2, -0.15) is 0 Å². The van der Waals surface area contributed by atoms with E-state index in [1.807, 2.05) is 13.0 Å². The smallest absolute Gasteiger partial charge is 0.306 e. The van der Waals surface area contributed by atoms with Crippen LogP contribution in [0.15, 0.2) is 18.2 Å². The van der Waals surface area contributed by atoms with E-state index in [1.165, 1.54) is 13.5 Å². The molecule has 1 aliphatic rings. The fourth-order valence-electron chi connectivity index (χ4n) is 4.36. The van der Waals surface area contributed by atoms with Crippen molar-refractivity contribution >= 4 is 17.3 Å². The number of ether oxygens (including phenoxy) is 1. The standard InChI is InChI=1S/C22H34N2O5/c1-5-15(14-20(25)29-4)17-11-12-18(19(13-17)24(27)28)23-21(22(2,3)26)16-9-7-6-8-10-16/h11-13,15-16,21,23,26H,5-10,14H2,1-4H3/t15-,21-/m0/s1. The molecule has 1 aromatic carbocycles. The van der Waals surface area contributed by atoms with Gasteiger partial charge in [-0.1, -0.05) is 32.3 Å². The molecule has 29 heavy (non-hydrogen) atoms. The second-order valence-electron chi connectivity index (χ2n) is 8.59. The van der Waals surface area contributed by atoms with Crippen LogP contribution in [0.2, 0.25) is 0 Å². The summed E-state index contributed by atoms with van der Waals surface area (Å²) < 4.78 is 4.75. The SMILES string of the molecule is CC[C@@H](CC(=O)OC)c1ccc(N[C@@H](C2CCCCC2)C(C)(C)O)c([N+](=O)[O-])c1. The van der Waals surface area contributed by atoms with Gasteiger partial charge in [-0.15, -0.1) is 0 Å². The normalized spacial score (nSPS) is 17.4. The predicted octanol–water partition coefficient (Wildman–Crippen LogP) is 4.78. The Bertz CT molecular complexity index is 708. The number of hydrogen-bond acceptors (Lipinski definition) is 6. The molecule has 0 saturated heterocycles. The third kappa shape index (κ3) is 6.16. The zero-order valence-corrected chi connectivity index (χ0v) is 17.9. The van der Waals surface area contributed by atoms with Gasteiger partial charge in [0.1, 0.15) is 5.69 Å². The van der Waals surface area contributed by atoms with Crippen LogP contribution in [0.1, 0.15) is 77.2 Å². The number of esters is 1. The highest BCUT2D eigenvalue weighted by Crippen LogP contribution is 2.37. The summed E-state index contributed by atoms with van der Waals surface area (Å²) in [7, 11) is 1.34. The van der Waals surface area contributed by atoms with Crippen LogP contribution in [-0.4, -0.2) is 34.8 Å². The van der Waals surface area contributed by atoms with E-state index in [-0.39, 0.29) is 36.0 Å². The summed E-state index contributed by atoms with van der Waals surface area (Å²) in [6.07, 6.45) is 6.30. The number of anilines is 1. The minimum Gasteiger partial charge on any atom is -0.469 e. The zero-order chi connectivity index (χ0) is 21.6. The lowest BCUT2D eigenvalue weighted by Gasteiger charge is -2.39. The molecule has 0 radical (unpaired) electrons. The first kappa shape index (κ1) is 23.1. The van der Waals surface area contributed by atoms with Crippen LogP contribution in [0, 0.1) is 16.0 Å². The van der Waals surface area contributed by atoms with Crippen molar-refractivity contribution in [3.8, 4) is 0 Å². The Hall–Kier alpha value is -2.15. The highest BCUT2D eigenvalue weighted by Gasteiger charge is 2.36. The van der Waals surface area contributed by atoms with Gasteiger partial charge in [0.25, 0.3) is 5.69 Å². The van der Waals surface area contributed by atoms with Crippen LogP contribution in [0.3, 0.4) is 0 Å². The van der Waals surface area contributed by atoms with Crippen molar-refractivity contribution in [2.45, 2.75) is 83.3 Å². The quantitative estimate of drug-likeness (QED) is 0.347. The van der Waals surface area contributed by atoms with Gasteiger partial charge in [0.05, 0.1) is 30.1 Å².